The van der Waals surface area contributed by atoms with Crippen LogP contribution in [0.2, 0.25) is 0 Å². The monoisotopic (exact) mass is 441 g/mol. The van der Waals surface area contributed by atoms with Gasteiger partial charge in [-0.05, 0) is 60.7 Å². The van der Waals surface area contributed by atoms with Crippen LogP contribution in [0.5, 0.6) is 11.5 Å². The molecule has 3 rings (SSSR count). The van der Waals surface area contributed by atoms with Gasteiger partial charge in [-0.15, -0.1) is 0 Å². The third kappa shape index (κ3) is 7.05. The molecule has 0 atom stereocenters. The van der Waals surface area contributed by atoms with Gasteiger partial charge >= 0.3 is 0 Å². The van der Waals surface area contributed by atoms with Crippen LogP contribution < -0.4 is 20.1 Å². The molecule has 0 aliphatic heterocycles. The van der Waals surface area contributed by atoms with Crippen molar-refractivity contribution in [2.24, 2.45) is 0 Å². The summed E-state index contributed by atoms with van der Waals surface area (Å²) in [5, 5.41) is 5.28. The molecule has 0 saturated carbocycles. The Balaban J connectivity index is 1.40. The van der Waals surface area contributed by atoms with Gasteiger partial charge < -0.3 is 20.1 Å². The van der Waals surface area contributed by atoms with Gasteiger partial charge in [0.2, 0.25) is 0 Å². The topological polar surface area (TPSA) is 89.5 Å². The van der Waals surface area contributed by atoms with E-state index in [1.807, 2.05) is 0 Å². The lowest BCUT2D eigenvalue weighted by atomic mass is 10.2. The van der Waals surface area contributed by atoms with Crippen molar-refractivity contribution in [2.75, 3.05) is 26.3 Å². The molecule has 7 nitrogen and oxygen atoms in total. The van der Waals surface area contributed by atoms with Gasteiger partial charge in [-0.1, -0.05) is 6.07 Å². The zero-order valence-electron chi connectivity index (χ0n) is 17.0. The predicted molar refractivity (Wildman–Crippen MR) is 113 cm³/mol. The van der Waals surface area contributed by atoms with Crippen molar-refractivity contribution in [1.82, 2.24) is 15.6 Å². The normalized spacial score (nSPS) is 10.3. The number of amides is 2. The molecule has 1 aromatic heterocycles. The second-order valence-electron chi connectivity index (χ2n) is 6.52. The summed E-state index contributed by atoms with van der Waals surface area (Å²) in [5.41, 5.74) is 0.170. The van der Waals surface area contributed by atoms with E-state index in [1.54, 1.807) is 6.07 Å². The molecule has 0 bridgehead atoms. The standard InChI is InChI=1S/C23H21F2N3O4/c24-16-4-8-18(9-5-16)31-14-12-26-22(29)20-2-1-3-21(28-20)23(30)27-13-15-32-19-10-6-17(25)7-11-19/h1-11H,12-15H2,(H,26,29)(H,27,30). The van der Waals surface area contributed by atoms with E-state index in [4.69, 9.17) is 9.47 Å². The maximum Gasteiger partial charge on any atom is 0.270 e. The van der Waals surface area contributed by atoms with Crippen LogP contribution >= 0.6 is 0 Å². The van der Waals surface area contributed by atoms with Gasteiger partial charge in [-0.3, -0.25) is 9.59 Å². The Labute approximate surface area is 183 Å². The van der Waals surface area contributed by atoms with Crippen molar-refractivity contribution in [3.05, 3.63) is 89.8 Å². The first-order valence-corrected chi connectivity index (χ1v) is 9.81. The highest BCUT2D eigenvalue weighted by Crippen LogP contribution is 2.11. The molecule has 0 radical (unpaired) electrons. The number of carbonyl (C=O) groups excluding carboxylic acids is 2. The number of halogens is 2. The number of hydrogen-bond acceptors (Lipinski definition) is 5. The predicted octanol–water partition coefficient (Wildman–Crippen LogP) is 2.98. The molecule has 1 heterocycles. The number of nitrogens with one attached hydrogen (secondary N) is 2. The van der Waals surface area contributed by atoms with E-state index >= 15 is 0 Å². The number of rotatable bonds is 10. The van der Waals surface area contributed by atoms with E-state index in [1.165, 1.54) is 60.7 Å². The minimum Gasteiger partial charge on any atom is -0.492 e. The Hall–Kier alpha value is -4.01. The lowest BCUT2D eigenvalue weighted by Gasteiger charge is -2.09. The number of nitrogens with zero attached hydrogens (tertiary/aromatic N) is 1. The van der Waals surface area contributed by atoms with Crippen LogP contribution in [0.25, 0.3) is 0 Å². The van der Waals surface area contributed by atoms with Gasteiger partial charge in [0.1, 0.15) is 47.7 Å². The number of benzene rings is 2. The second kappa shape index (κ2) is 11.4. The summed E-state index contributed by atoms with van der Waals surface area (Å²) < 4.78 is 36.5. The lowest BCUT2D eigenvalue weighted by Crippen LogP contribution is -2.31. The Bertz CT molecular complexity index is 963. The molecule has 0 unspecified atom stereocenters. The van der Waals surface area contributed by atoms with Crippen molar-refractivity contribution < 1.29 is 27.8 Å². The molecule has 2 amide bonds. The largest absolute Gasteiger partial charge is 0.492 e. The molecule has 32 heavy (non-hydrogen) atoms. The Kier molecular flexibility index (Phi) is 8.08. The van der Waals surface area contributed by atoms with Crippen LogP contribution in [-0.4, -0.2) is 43.1 Å². The zero-order chi connectivity index (χ0) is 22.8. The molecular formula is C23H21F2N3O4. The highest BCUT2D eigenvalue weighted by atomic mass is 19.1. The molecule has 2 aromatic carbocycles. The zero-order valence-corrected chi connectivity index (χ0v) is 17.0. The number of hydrogen-bond donors (Lipinski definition) is 2. The molecule has 3 aromatic rings. The first kappa shape index (κ1) is 22.7. The van der Waals surface area contributed by atoms with Crippen molar-refractivity contribution in [2.45, 2.75) is 0 Å². The molecule has 0 saturated heterocycles. The van der Waals surface area contributed by atoms with Gasteiger partial charge in [0, 0.05) is 0 Å². The number of pyridine rings is 1. The molecular weight excluding hydrogens is 420 g/mol. The van der Waals surface area contributed by atoms with Crippen LogP contribution in [0, 0.1) is 11.6 Å². The van der Waals surface area contributed by atoms with E-state index in [-0.39, 0.29) is 49.3 Å². The average Bonchev–Trinajstić information content (AvgIpc) is 2.81. The molecule has 0 spiro atoms. The van der Waals surface area contributed by atoms with Crippen LogP contribution in [0.3, 0.4) is 0 Å². The summed E-state index contributed by atoms with van der Waals surface area (Å²) in [7, 11) is 0. The van der Waals surface area contributed by atoms with Gasteiger partial charge in [0.15, 0.2) is 0 Å². The summed E-state index contributed by atoms with van der Waals surface area (Å²) in [6.45, 7) is 0.779. The maximum atomic E-state index is 12.9. The average molecular weight is 441 g/mol. The van der Waals surface area contributed by atoms with E-state index < -0.39 is 11.8 Å². The van der Waals surface area contributed by atoms with Gasteiger partial charge in [0.05, 0.1) is 13.1 Å². The quantitative estimate of drug-likeness (QED) is 0.472. The Morgan fingerprint density at radius 1 is 0.688 bits per heavy atom. The summed E-state index contributed by atoms with van der Waals surface area (Å²) >= 11 is 0. The van der Waals surface area contributed by atoms with E-state index in [0.717, 1.165) is 0 Å². The fourth-order valence-corrected chi connectivity index (χ4v) is 2.60. The van der Waals surface area contributed by atoms with E-state index in [9.17, 15) is 18.4 Å². The minimum absolute atomic E-state index is 0.0852. The Morgan fingerprint density at radius 2 is 1.09 bits per heavy atom. The first-order chi connectivity index (χ1) is 15.5. The first-order valence-electron chi connectivity index (χ1n) is 9.81. The Morgan fingerprint density at radius 3 is 1.50 bits per heavy atom. The van der Waals surface area contributed by atoms with Gasteiger partial charge in [0.25, 0.3) is 11.8 Å². The third-order valence-corrected chi connectivity index (χ3v) is 4.15. The maximum absolute atomic E-state index is 12.9. The van der Waals surface area contributed by atoms with Crippen molar-refractivity contribution in [1.29, 1.82) is 0 Å². The minimum atomic E-state index is -0.456. The van der Waals surface area contributed by atoms with E-state index in [2.05, 4.69) is 15.6 Å². The molecule has 9 heteroatoms. The molecule has 2 N–H and O–H groups in total. The van der Waals surface area contributed by atoms with Crippen molar-refractivity contribution in [3.63, 3.8) is 0 Å². The van der Waals surface area contributed by atoms with Crippen LogP contribution in [0.1, 0.15) is 21.0 Å². The highest BCUT2D eigenvalue weighted by Gasteiger charge is 2.12. The van der Waals surface area contributed by atoms with Crippen LogP contribution in [-0.2, 0) is 0 Å². The van der Waals surface area contributed by atoms with Gasteiger partial charge in [-0.25, -0.2) is 13.8 Å². The lowest BCUT2D eigenvalue weighted by molar-refractivity contribution is 0.0937. The number of aromatic nitrogens is 1. The summed E-state index contributed by atoms with van der Waals surface area (Å²) in [4.78, 5) is 28.6. The fraction of sp³-hybridized carbons (Fsp3) is 0.174. The number of ether oxygens (including phenoxy) is 2. The van der Waals surface area contributed by atoms with Crippen molar-refractivity contribution in [3.8, 4) is 11.5 Å². The SMILES string of the molecule is O=C(NCCOc1ccc(F)cc1)c1cccc(C(=O)NCCOc2ccc(F)cc2)n1. The summed E-state index contributed by atoms with van der Waals surface area (Å²) in [5.74, 6) is -0.659. The summed E-state index contributed by atoms with van der Waals surface area (Å²) in [6.07, 6.45) is 0. The van der Waals surface area contributed by atoms with Crippen LogP contribution in [0.15, 0.2) is 66.7 Å². The van der Waals surface area contributed by atoms with Crippen LogP contribution in [0.4, 0.5) is 8.78 Å². The van der Waals surface area contributed by atoms with E-state index in [0.29, 0.717) is 11.5 Å². The summed E-state index contributed by atoms with van der Waals surface area (Å²) in [6, 6.07) is 15.6. The molecule has 0 aliphatic rings. The highest BCUT2D eigenvalue weighted by molar-refractivity contribution is 5.96. The third-order valence-electron chi connectivity index (χ3n) is 4.15. The molecule has 0 fully saturated rings. The van der Waals surface area contributed by atoms with Crippen molar-refractivity contribution >= 4 is 11.8 Å². The smallest absolute Gasteiger partial charge is 0.270 e. The number of carbonyl (C=O) groups is 2. The fourth-order valence-electron chi connectivity index (χ4n) is 2.60. The van der Waals surface area contributed by atoms with Gasteiger partial charge in [-0.2, -0.15) is 0 Å². The molecule has 166 valence electrons. The second-order valence-corrected chi connectivity index (χ2v) is 6.52. The molecule has 0 aliphatic carbocycles.